The first-order chi connectivity index (χ1) is 16.4. The molecule has 6 heteroatoms. The van der Waals surface area contributed by atoms with Crippen LogP contribution >= 0.6 is 0 Å². The lowest BCUT2D eigenvalue weighted by Gasteiger charge is -2.41. The largest absolute Gasteiger partial charge is 0.344 e. The number of unbranched alkanes of at least 4 members (excludes halogenated alkanes) is 6. The van der Waals surface area contributed by atoms with Crippen molar-refractivity contribution in [2.45, 2.75) is 132 Å². The standard InChI is InChI=1S/C29H55N3O3/c1-9-10-11-12-13-14-15-16-26(34)32-18-17-31(21-24(32)5)28(35)27(22(2)3)30-25(33)19-23(4)20-29(6,7)8/h22-24,27H,9-21H2,1-8H3,(H,30,33). The minimum absolute atomic E-state index is 0.0000702. The van der Waals surface area contributed by atoms with Gasteiger partial charge in [0, 0.05) is 38.5 Å². The van der Waals surface area contributed by atoms with Crippen molar-refractivity contribution in [3.8, 4) is 0 Å². The van der Waals surface area contributed by atoms with Gasteiger partial charge in [-0.2, -0.15) is 0 Å². The average Bonchev–Trinajstić information content (AvgIpc) is 2.74. The van der Waals surface area contributed by atoms with Gasteiger partial charge in [-0.15, -0.1) is 0 Å². The van der Waals surface area contributed by atoms with Gasteiger partial charge in [0.2, 0.25) is 17.7 Å². The van der Waals surface area contributed by atoms with Gasteiger partial charge < -0.3 is 15.1 Å². The second kappa shape index (κ2) is 15.5. The number of amides is 3. The Morgan fingerprint density at radius 3 is 2.09 bits per heavy atom. The van der Waals surface area contributed by atoms with E-state index in [-0.39, 0.29) is 41.0 Å². The molecule has 1 rings (SSSR count). The van der Waals surface area contributed by atoms with Crippen LogP contribution in [0.5, 0.6) is 0 Å². The zero-order valence-electron chi connectivity index (χ0n) is 24.1. The first-order valence-corrected chi connectivity index (χ1v) is 14.2. The maximum absolute atomic E-state index is 13.3. The van der Waals surface area contributed by atoms with Crippen molar-refractivity contribution in [1.82, 2.24) is 15.1 Å². The highest BCUT2D eigenvalue weighted by Gasteiger charge is 2.34. The number of hydrogen-bond donors (Lipinski definition) is 1. The van der Waals surface area contributed by atoms with Gasteiger partial charge in [0.15, 0.2) is 0 Å². The Morgan fingerprint density at radius 1 is 0.943 bits per heavy atom. The van der Waals surface area contributed by atoms with E-state index in [2.05, 4.69) is 39.9 Å². The van der Waals surface area contributed by atoms with Crippen molar-refractivity contribution in [1.29, 1.82) is 0 Å². The van der Waals surface area contributed by atoms with Crippen LogP contribution in [-0.4, -0.2) is 59.2 Å². The van der Waals surface area contributed by atoms with E-state index in [1.807, 2.05) is 30.6 Å². The fourth-order valence-corrected chi connectivity index (χ4v) is 5.28. The highest BCUT2D eigenvalue weighted by Crippen LogP contribution is 2.26. The Hall–Kier alpha value is -1.59. The van der Waals surface area contributed by atoms with Gasteiger partial charge in [-0.05, 0) is 37.0 Å². The Kier molecular flexibility index (Phi) is 13.9. The average molecular weight is 494 g/mol. The predicted octanol–water partition coefficient (Wildman–Crippen LogP) is 5.79. The highest BCUT2D eigenvalue weighted by molar-refractivity contribution is 5.88. The van der Waals surface area contributed by atoms with E-state index in [9.17, 15) is 14.4 Å². The molecule has 0 bridgehead atoms. The molecule has 1 fully saturated rings. The fourth-order valence-electron chi connectivity index (χ4n) is 5.28. The van der Waals surface area contributed by atoms with E-state index in [4.69, 9.17) is 0 Å². The molecule has 0 aliphatic carbocycles. The van der Waals surface area contributed by atoms with Gasteiger partial charge in [0.05, 0.1) is 0 Å². The second-order valence-corrected chi connectivity index (χ2v) is 12.5. The number of carbonyl (C=O) groups is 3. The topological polar surface area (TPSA) is 69.7 Å². The summed E-state index contributed by atoms with van der Waals surface area (Å²) in [5.41, 5.74) is 0.175. The van der Waals surface area contributed by atoms with Crippen LogP contribution < -0.4 is 5.32 Å². The Bertz CT molecular complexity index is 656. The third kappa shape index (κ3) is 12.3. The summed E-state index contributed by atoms with van der Waals surface area (Å²) >= 11 is 0. The Morgan fingerprint density at radius 2 is 1.54 bits per heavy atom. The molecule has 3 unspecified atom stereocenters. The number of carbonyl (C=O) groups excluding carboxylic acids is 3. The molecule has 0 aromatic heterocycles. The van der Waals surface area contributed by atoms with Crippen LogP contribution in [0.2, 0.25) is 0 Å². The van der Waals surface area contributed by atoms with Crippen LogP contribution in [0.25, 0.3) is 0 Å². The summed E-state index contributed by atoms with van der Waals surface area (Å²) in [4.78, 5) is 42.6. The van der Waals surface area contributed by atoms with Crippen LogP contribution in [-0.2, 0) is 14.4 Å². The van der Waals surface area contributed by atoms with Crippen molar-refractivity contribution in [2.75, 3.05) is 19.6 Å². The second-order valence-electron chi connectivity index (χ2n) is 12.5. The predicted molar refractivity (Wildman–Crippen MR) is 145 cm³/mol. The molecule has 0 saturated carbocycles. The maximum Gasteiger partial charge on any atom is 0.245 e. The molecule has 0 aromatic rings. The number of nitrogens with zero attached hydrogens (tertiary/aromatic N) is 2. The lowest BCUT2D eigenvalue weighted by molar-refractivity contribution is -0.145. The summed E-state index contributed by atoms with van der Waals surface area (Å²) in [5, 5.41) is 3.02. The van der Waals surface area contributed by atoms with Crippen molar-refractivity contribution in [3.05, 3.63) is 0 Å². The monoisotopic (exact) mass is 493 g/mol. The van der Waals surface area contributed by atoms with Crippen molar-refractivity contribution in [3.63, 3.8) is 0 Å². The zero-order valence-corrected chi connectivity index (χ0v) is 24.1. The van der Waals surface area contributed by atoms with Gasteiger partial charge in [0.25, 0.3) is 0 Å². The summed E-state index contributed by atoms with van der Waals surface area (Å²) in [5.74, 6) is 0.411. The molecule has 1 saturated heterocycles. The van der Waals surface area contributed by atoms with Crippen LogP contribution in [0.15, 0.2) is 0 Å². The first-order valence-electron chi connectivity index (χ1n) is 14.2. The molecular weight excluding hydrogens is 438 g/mol. The highest BCUT2D eigenvalue weighted by atomic mass is 16.2. The molecule has 6 nitrogen and oxygen atoms in total. The third-order valence-corrected chi connectivity index (χ3v) is 7.00. The van der Waals surface area contributed by atoms with E-state index >= 15 is 0 Å². The van der Waals surface area contributed by atoms with E-state index in [1.54, 1.807) is 0 Å². The number of piperazine rings is 1. The van der Waals surface area contributed by atoms with Gasteiger partial charge in [-0.1, -0.05) is 87.0 Å². The van der Waals surface area contributed by atoms with Crippen LogP contribution in [0.3, 0.4) is 0 Å². The molecule has 1 aliphatic heterocycles. The minimum atomic E-state index is -0.522. The van der Waals surface area contributed by atoms with Gasteiger partial charge in [0.1, 0.15) is 6.04 Å². The Balaban J connectivity index is 2.53. The first kappa shape index (κ1) is 31.4. The van der Waals surface area contributed by atoms with Crippen molar-refractivity contribution < 1.29 is 14.4 Å². The summed E-state index contributed by atoms with van der Waals surface area (Å²) in [7, 11) is 0. The maximum atomic E-state index is 13.3. The number of nitrogens with one attached hydrogen (secondary N) is 1. The van der Waals surface area contributed by atoms with E-state index in [1.165, 1.54) is 32.1 Å². The van der Waals surface area contributed by atoms with Gasteiger partial charge >= 0.3 is 0 Å². The molecular formula is C29H55N3O3. The quantitative estimate of drug-likeness (QED) is 0.311. The minimum Gasteiger partial charge on any atom is -0.344 e. The van der Waals surface area contributed by atoms with Gasteiger partial charge in [-0.25, -0.2) is 0 Å². The molecule has 3 atom stereocenters. The van der Waals surface area contributed by atoms with E-state index in [0.717, 1.165) is 19.3 Å². The SMILES string of the molecule is CCCCCCCCCC(=O)N1CCN(C(=O)C(NC(=O)CC(C)CC(C)(C)C)C(C)C)CC1C. The molecule has 3 amide bonds. The molecule has 0 radical (unpaired) electrons. The normalized spacial score (nSPS) is 18.5. The number of hydrogen-bond acceptors (Lipinski definition) is 3. The smallest absolute Gasteiger partial charge is 0.245 e. The Labute approximate surface area is 216 Å². The van der Waals surface area contributed by atoms with Crippen molar-refractivity contribution in [2.24, 2.45) is 17.3 Å². The van der Waals surface area contributed by atoms with E-state index in [0.29, 0.717) is 32.5 Å². The van der Waals surface area contributed by atoms with Crippen LogP contribution in [0.4, 0.5) is 0 Å². The fraction of sp³-hybridized carbons (Fsp3) is 0.897. The molecule has 35 heavy (non-hydrogen) atoms. The third-order valence-electron chi connectivity index (χ3n) is 7.00. The van der Waals surface area contributed by atoms with Crippen LogP contribution in [0.1, 0.15) is 120 Å². The molecule has 1 aliphatic rings. The van der Waals surface area contributed by atoms with Crippen LogP contribution in [0, 0.1) is 17.3 Å². The molecule has 1 N–H and O–H groups in total. The molecule has 1 heterocycles. The summed E-state index contributed by atoms with van der Waals surface area (Å²) in [6.07, 6.45) is 10.4. The van der Waals surface area contributed by atoms with Crippen molar-refractivity contribution >= 4 is 17.7 Å². The van der Waals surface area contributed by atoms with E-state index < -0.39 is 6.04 Å². The number of rotatable bonds is 14. The molecule has 0 aromatic carbocycles. The molecule has 204 valence electrons. The lowest BCUT2D eigenvalue weighted by Crippen LogP contribution is -2.60. The zero-order chi connectivity index (χ0) is 26.6. The summed E-state index contributed by atoms with van der Waals surface area (Å²) in [6.45, 7) is 18.5. The molecule has 0 spiro atoms. The lowest BCUT2D eigenvalue weighted by atomic mass is 9.84. The van der Waals surface area contributed by atoms with Gasteiger partial charge in [-0.3, -0.25) is 14.4 Å². The summed E-state index contributed by atoms with van der Waals surface area (Å²) < 4.78 is 0. The summed E-state index contributed by atoms with van der Waals surface area (Å²) in [6, 6.07) is -0.522.